The van der Waals surface area contributed by atoms with E-state index in [1.807, 2.05) is 26.8 Å². The first-order valence-electron chi connectivity index (χ1n) is 14.2. The maximum absolute atomic E-state index is 12.8. The average Bonchev–Trinajstić information content (AvgIpc) is 2.92. The van der Waals surface area contributed by atoms with E-state index in [0.717, 1.165) is 57.4 Å². The molecule has 0 unspecified atom stereocenters. The lowest BCUT2D eigenvalue weighted by Crippen LogP contribution is -2.61. The van der Waals surface area contributed by atoms with Crippen LogP contribution in [0.4, 0.5) is 10.6 Å². The average molecular weight is 581 g/mol. The number of piperidine rings is 1. The summed E-state index contributed by atoms with van der Waals surface area (Å²) in [6, 6.07) is 7.19. The van der Waals surface area contributed by atoms with Gasteiger partial charge in [-0.05, 0) is 71.4 Å². The van der Waals surface area contributed by atoms with Crippen molar-refractivity contribution in [3.05, 3.63) is 46.9 Å². The second-order valence-corrected chi connectivity index (χ2v) is 12.8. The molecule has 1 spiro atoms. The normalized spacial score (nSPS) is 21.9. The van der Waals surface area contributed by atoms with E-state index in [9.17, 15) is 9.59 Å². The molecule has 1 saturated carbocycles. The van der Waals surface area contributed by atoms with E-state index in [4.69, 9.17) is 26.3 Å². The van der Waals surface area contributed by atoms with Crippen molar-refractivity contribution in [1.29, 1.82) is 5.26 Å². The predicted molar refractivity (Wildman–Crippen MR) is 154 cm³/mol. The zero-order chi connectivity index (χ0) is 29.2. The Labute approximate surface area is 246 Å². The van der Waals surface area contributed by atoms with Crippen LogP contribution in [-0.4, -0.2) is 70.8 Å². The van der Waals surface area contributed by atoms with Gasteiger partial charge in [0.1, 0.15) is 28.9 Å². The van der Waals surface area contributed by atoms with Gasteiger partial charge in [-0.3, -0.25) is 4.79 Å². The molecule has 0 bridgehead atoms. The molecule has 3 fully saturated rings. The van der Waals surface area contributed by atoms with Crippen molar-refractivity contribution >= 4 is 29.4 Å². The van der Waals surface area contributed by atoms with Crippen LogP contribution in [0.1, 0.15) is 75.3 Å². The number of likely N-dealkylation sites (tertiary alicyclic amines) is 1. The molecule has 3 aliphatic rings. The standard InChI is InChI=1S/C30H37ClN6O4/c1-29(2,3)41-28(39)36-12-10-30(11-13-36)18-37(19-30)26-17-33-25(16-34-26)27(38)35-21-5-8-22(9-6-21)40-23-7-4-20(15-32)24(31)14-23/h4,7,14,16-17,21-22H,5-6,8-13,18-19H2,1-3H3,(H,35,38)/t21-,22-. The van der Waals surface area contributed by atoms with Gasteiger partial charge in [0.2, 0.25) is 0 Å². The summed E-state index contributed by atoms with van der Waals surface area (Å²) in [5.41, 5.74) is 0.428. The van der Waals surface area contributed by atoms with Crippen LogP contribution in [-0.2, 0) is 4.74 Å². The van der Waals surface area contributed by atoms with Gasteiger partial charge in [0, 0.05) is 43.7 Å². The highest BCUT2D eigenvalue weighted by molar-refractivity contribution is 6.31. The lowest BCUT2D eigenvalue weighted by molar-refractivity contribution is 0.00587. The lowest BCUT2D eigenvalue weighted by Gasteiger charge is -2.54. The Morgan fingerprint density at radius 2 is 1.80 bits per heavy atom. The Morgan fingerprint density at radius 1 is 1.10 bits per heavy atom. The minimum absolute atomic E-state index is 0.0376. The molecule has 11 heteroatoms. The summed E-state index contributed by atoms with van der Waals surface area (Å²) in [5, 5.41) is 12.5. The van der Waals surface area contributed by atoms with E-state index in [2.05, 4.69) is 20.2 Å². The first kappa shape index (κ1) is 28.9. The van der Waals surface area contributed by atoms with E-state index in [0.29, 0.717) is 35.1 Å². The maximum Gasteiger partial charge on any atom is 0.410 e. The number of anilines is 1. The lowest BCUT2D eigenvalue weighted by atomic mass is 9.72. The summed E-state index contributed by atoms with van der Waals surface area (Å²) in [5.74, 6) is 1.19. The Kier molecular flexibility index (Phi) is 8.28. The highest BCUT2D eigenvalue weighted by atomic mass is 35.5. The number of hydrogen-bond donors (Lipinski definition) is 1. The third-order valence-electron chi connectivity index (χ3n) is 8.10. The molecule has 41 heavy (non-hydrogen) atoms. The zero-order valence-electron chi connectivity index (χ0n) is 23.9. The van der Waals surface area contributed by atoms with Crippen LogP contribution < -0.4 is 15.0 Å². The van der Waals surface area contributed by atoms with Gasteiger partial charge in [-0.1, -0.05) is 11.6 Å². The van der Waals surface area contributed by atoms with Gasteiger partial charge in [-0.15, -0.1) is 0 Å². The SMILES string of the molecule is CC(C)(C)OC(=O)N1CCC2(CC1)CN(c1cnc(C(=O)N[C@H]3CC[C@H](Oc4ccc(C#N)c(Cl)c4)CC3)cn1)C2. The third kappa shape index (κ3) is 7.02. The van der Waals surface area contributed by atoms with E-state index in [-0.39, 0.29) is 29.6 Å². The van der Waals surface area contributed by atoms with Gasteiger partial charge in [-0.2, -0.15) is 5.26 Å². The molecule has 2 aliphatic heterocycles. The number of rotatable bonds is 5. The molecule has 10 nitrogen and oxygen atoms in total. The number of hydrogen-bond acceptors (Lipinski definition) is 8. The van der Waals surface area contributed by atoms with E-state index in [1.54, 1.807) is 35.5 Å². The quantitative estimate of drug-likeness (QED) is 0.527. The molecule has 1 aliphatic carbocycles. The Balaban J connectivity index is 1.04. The second kappa shape index (κ2) is 11.7. The van der Waals surface area contributed by atoms with E-state index in [1.165, 1.54) is 0 Å². The number of ether oxygens (including phenoxy) is 2. The summed E-state index contributed by atoms with van der Waals surface area (Å²) in [6.45, 7) is 8.79. The van der Waals surface area contributed by atoms with Crippen LogP contribution >= 0.6 is 11.6 Å². The van der Waals surface area contributed by atoms with Crippen molar-refractivity contribution in [2.45, 2.75) is 77.0 Å². The molecular formula is C30H37ClN6O4. The number of nitriles is 1. The number of benzene rings is 1. The van der Waals surface area contributed by atoms with Crippen molar-refractivity contribution in [1.82, 2.24) is 20.2 Å². The molecule has 1 N–H and O–H groups in total. The Bertz CT molecular complexity index is 1300. The van der Waals surface area contributed by atoms with Gasteiger partial charge in [-0.25, -0.2) is 14.8 Å². The first-order valence-corrected chi connectivity index (χ1v) is 14.6. The van der Waals surface area contributed by atoms with E-state index < -0.39 is 5.60 Å². The molecule has 2 aromatic rings. The number of halogens is 1. The minimum Gasteiger partial charge on any atom is -0.490 e. The predicted octanol–water partition coefficient (Wildman–Crippen LogP) is 4.96. The topological polar surface area (TPSA) is 121 Å². The second-order valence-electron chi connectivity index (χ2n) is 12.4. The van der Waals surface area contributed by atoms with Crippen molar-refractivity contribution in [2.24, 2.45) is 5.41 Å². The zero-order valence-corrected chi connectivity index (χ0v) is 24.6. The molecule has 5 rings (SSSR count). The van der Waals surface area contributed by atoms with Crippen LogP contribution in [0.5, 0.6) is 5.75 Å². The fourth-order valence-electron chi connectivity index (χ4n) is 5.77. The van der Waals surface area contributed by atoms with Crippen molar-refractivity contribution in [3.63, 3.8) is 0 Å². The van der Waals surface area contributed by atoms with E-state index >= 15 is 0 Å². The summed E-state index contributed by atoms with van der Waals surface area (Å²) in [7, 11) is 0. The third-order valence-corrected chi connectivity index (χ3v) is 8.41. The molecule has 2 saturated heterocycles. The van der Waals surface area contributed by atoms with Gasteiger partial charge in [0.15, 0.2) is 0 Å². The molecule has 0 radical (unpaired) electrons. The van der Waals surface area contributed by atoms with Gasteiger partial charge >= 0.3 is 6.09 Å². The molecule has 3 heterocycles. The van der Waals surface area contributed by atoms with Crippen LogP contribution in [0.3, 0.4) is 0 Å². The summed E-state index contributed by atoms with van der Waals surface area (Å²) >= 11 is 6.11. The molecule has 1 aromatic carbocycles. The highest BCUT2D eigenvalue weighted by Gasteiger charge is 2.46. The summed E-state index contributed by atoms with van der Waals surface area (Å²) in [6.07, 6.45) is 8.10. The molecule has 1 aromatic heterocycles. The van der Waals surface area contributed by atoms with Crippen LogP contribution in [0.2, 0.25) is 5.02 Å². The minimum atomic E-state index is -0.487. The highest BCUT2D eigenvalue weighted by Crippen LogP contribution is 2.42. The fourth-order valence-corrected chi connectivity index (χ4v) is 5.98. The van der Waals surface area contributed by atoms with Gasteiger partial charge in [0.05, 0.1) is 29.1 Å². The molecular weight excluding hydrogens is 544 g/mol. The smallest absolute Gasteiger partial charge is 0.410 e. The van der Waals surface area contributed by atoms with Crippen LogP contribution in [0.25, 0.3) is 0 Å². The summed E-state index contributed by atoms with van der Waals surface area (Å²) < 4.78 is 11.6. The Hall–Kier alpha value is -3.58. The fraction of sp³-hybridized carbons (Fsp3) is 0.567. The molecule has 2 amide bonds. The number of nitrogens with zero attached hydrogens (tertiary/aromatic N) is 5. The number of carbonyl (C=O) groups excluding carboxylic acids is 2. The number of amides is 2. The Morgan fingerprint density at radius 3 is 2.39 bits per heavy atom. The van der Waals surface area contributed by atoms with Crippen LogP contribution in [0, 0.1) is 16.7 Å². The largest absolute Gasteiger partial charge is 0.490 e. The monoisotopic (exact) mass is 580 g/mol. The van der Waals surface area contributed by atoms with Crippen LogP contribution in [0.15, 0.2) is 30.6 Å². The van der Waals surface area contributed by atoms with Crippen molar-refractivity contribution in [3.8, 4) is 11.8 Å². The van der Waals surface area contributed by atoms with Crippen molar-refractivity contribution < 1.29 is 19.1 Å². The van der Waals surface area contributed by atoms with Crippen molar-refractivity contribution in [2.75, 3.05) is 31.1 Å². The maximum atomic E-state index is 12.8. The number of nitrogens with one attached hydrogen (secondary N) is 1. The van der Waals surface area contributed by atoms with Gasteiger partial charge < -0.3 is 24.6 Å². The number of aromatic nitrogens is 2. The molecule has 0 atom stereocenters. The van der Waals surface area contributed by atoms with Gasteiger partial charge in [0.25, 0.3) is 5.91 Å². The molecule has 218 valence electrons. The first-order chi connectivity index (χ1) is 19.5. The summed E-state index contributed by atoms with van der Waals surface area (Å²) in [4.78, 5) is 38.1. The number of carbonyl (C=O) groups is 2.